The number of nitrogens with zero attached hydrogens (tertiary/aromatic N) is 2. The Morgan fingerprint density at radius 1 is 1.33 bits per heavy atom. The van der Waals surface area contributed by atoms with Crippen LogP contribution in [0.1, 0.15) is 27.7 Å². The first-order valence-electron chi connectivity index (χ1n) is 5.89. The fourth-order valence-electron chi connectivity index (χ4n) is 1.93. The fraction of sp³-hybridized carbons (Fsp3) is 0.909. The first kappa shape index (κ1) is 12.3. The van der Waals surface area contributed by atoms with Gasteiger partial charge in [-0.25, -0.2) is 0 Å². The van der Waals surface area contributed by atoms with E-state index < -0.39 is 0 Å². The first-order valence-corrected chi connectivity index (χ1v) is 5.89. The number of hydrogen-bond donors (Lipinski definition) is 2. The highest BCUT2D eigenvalue weighted by Gasteiger charge is 2.12. The zero-order chi connectivity index (χ0) is 11.3. The van der Waals surface area contributed by atoms with Crippen molar-refractivity contribution in [3.8, 4) is 0 Å². The highest BCUT2D eigenvalue weighted by Crippen LogP contribution is 2.03. The topological polar surface area (TPSA) is 39.7 Å². The first-order chi connectivity index (χ1) is 7.11. The van der Waals surface area contributed by atoms with E-state index in [9.17, 15) is 0 Å². The van der Waals surface area contributed by atoms with Crippen LogP contribution in [0, 0.1) is 0 Å². The van der Waals surface area contributed by atoms with Crippen LogP contribution in [-0.2, 0) is 0 Å². The summed E-state index contributed by atoms with van der Waals surface area (Å²) in [5, 5.41) is 6.53. The van der Waals surface area contributed by atoms with Gasteiger partial charge in [0.25, 0.3) is 0 Å². The molecule has 0 fully saturated rings. The molecule has 0 radical (unpaired) electrons. The minimum absolute atomic E-state index is 0.602. The lowest BCUT2D eigenvalue weighted by Gasteiger charge is -2.30. The van der Waals surface area contributed by atoms with Crippen LogP contribution in [-0.4, -0.2) is 49.1 Å². The molecule has 1 aliphatic heterocycles. The average molecular weight is 212 g/mol. The summed E-state index contributed by atoms with van der Waals surface area (Å²) in [6.07, 6.45) is 0. The molecule has 0 atom stereocenters. The molecule has 0 aromatic heterocycles. The van der Waals surface area contributed by atoms with Crippen LogP contribution in [0.25, 0.3) is 0 Å². The van der Waals surface area contributed by atoms with Gasteiger partial charge in [-0.3, -0.25) is 9.89 Å². The SMILES string of the molecule is CC(C)N(CCNC1=NCCN1)C(C)C. The van der Waals surface area contributed by atoms with Crippen LogP contribution in [0.4, 0.5) is 0 Å². The molecule has 0 aliphatic carbocycles. The lowest BCUT2D eigenvalue weighted by atomic mass is 10.2. The Kier molecular flexibility index (Phi) is 4.88. The van der Waals surface area contributed by atoms with E-state index in [2.05, 4.69) is 48.2 Å². The van der Waals surface area contributed by atoms with Gasteiger partial charge >= 0.3 is 0 Å². The molecule has 88 valence electrons. The molecule has 0 unspecified atom stereocenters. The van der Waals surface area contributed by atoms with Crippen LogP contribution < -0.4 is 10.6 Å². The Hall–Kier alpha value is -0.770. The van der Waals surface area contributed by atoms with Crippen molar-refractivity contribution < 1.29 is 0 Å². The molecule has 1 heterocycles. The third-order valence-electron chi connectivity index (χ3n) is 2.66. The third-order valence-corrected chi connectivity index (χ3v) is 2.66. The Balaban J connectivity index is 2.21. The molecule has 0 amide bonds. The molecule has 15 heavy (non-hydrogen) atoms. The fourth-order valence-corrected chi connectivity index (χ4v) is 1.93. The number of aliphatic imine (C=N–C) groups is 1. The minimum Gasteiger partial charge on any atom is -0.355 e. The number of rotatable bonds is 5. The van der Waals surface area contributed by atoms with Gasteiger partial charge in [-0.05, 0) is 27.7 Å². The van der Waals surface area contributed by atoms with Crippen LogP contribution in [0.2, 0.25) is 0 Å². The smallest absolute Gasteiger partial charge is 0.191 e. The second-order valence-corrected chi connectivity index (χ2v) is 4.51. The monoisotopic (exact) mass is 212 g/mol. The van der Waals surface area contributed by atoms with Crippen molar-refractivity contribution in [1.29, 1.82) is 0 Å². The molecule has 2 N–H and O–H groups in total. The summed E-state index contributed by atoms with van der Waals surface area (Å²) in [6.45, 7) is 12.9. The van der Waals surface area contributed by atoms with Crippen LogP contribution >= 0.6 is 0 Å². The molecule has 4 nitrogen and oxygen atoms in total. The molecule has 0 aromatic carbocycles. The van der Waals surface area contributed by atoms with Crippen LogP contribution in [0.3, 0.4) is 0 Å². The predicted octanol–water partition coefficient (Wildman–Crippen LogP) is 0.654. The Morgan fingerprint density at radius 3 is 2.47 bits per heavy atom. The number of guanidine groups is 1. The molecular formula is C11H24N4. The van der Waals surface area contributed by atoms with Crippen molar-refractivity contribution in [2.75, 3.05) is 26.2 Å². The highest BCUT2D eigenvalue weighted by molar-refractivity contribution is 5.81. The lowest BCUT2D eigenvalue weighted by Crippen LogP contribution is -2.44. The molecular weight excluding hydrogens is 188 g/mol. The minimum atomic E-state index is 0.602. The number of hydrogen-bond acceptors (Lipinski definition) is 4. The highest BCUT2D eigenvalue weighted by atomic mass is 15.2. The van der Waals surface area contributed by atoms with E-state index in [4.69, 9.17) is 0 Å². The maximum absolute atomic E-state index is 4.30. The summed E-state index contributed by atoms with van der Waals surface area (Å²) in [6, 6.07) is 1.20. The standard InChI is InChI=1S/C11H24N4/c1-9(2)15(10(3)4)8-7-14-11-12-5-6-13-11/h9-10H,5-8H2,1-4H3,(H2,12,13,14). The van der Waals surface area contributed by atoms with Gasteiger partial charge in [-0.2, -0.15) is 0 Å². The molecule has 0 spiro atoms. The molecule has 0 saturated heterocycles. The summed E-state index contributed by atoms with van der Waals surface area (Å²) in [5.74, 6) is 0.961. The molecule has 0 saturated carbocycles. The normalized spacial score (nSPS) is 16.1. The van der Waals surface area contributed by atoms with Crippen molar-refractivity contribution in [1.82, 2.24) is 15.5 Å². The molecule has 0 bridgehead atoms. The van der Waals surface area contributed by atoms with Crippen molar-refractivity contribution in [2.24, 2.45) is 4.99 Å². The van der Waals surface area contributed by atoms with Gasteiger partial charge in [0, 0.05) is 31.7 Å². The van der Waals surface area contributed by atoms with Crippen LogP contribution in [0.5, 0.6) is 0 Å². The van der Waals surface area contributed by atoms with E-state index in [-0.39, 0.29) is 0 Å². The summed E-state index contributed by atoms with van der Waals surface area (Å²) in [5.41, 5.74) is 0. The molecule has 1 rings (SSSR count). The quantitative estimate of drug-likeness (QED) is 0.703. The number of nitrogens with one attached hydrogen (secondary N) is 2. The van der Waals surface area contributed by atoms with E-state index in [1.165, 1.54) is 0 Å². The summed E-state index contributed by atoms with van der Waals surface area (Å²) in [7, 11) is 0. The molecule has 1 aliphatic rings. The molecule has 4 heteroatoms. The van der Waals surface area contributed by atoms with Gasteiger partial charge in [0.2, 0.25) is 0 Å². The van der Waals surface area contributed by atoms with E-state index >= 15 is 0 Å². The summed E-state index contributed by atoms with van der Waals surface area (Å²) >= 11 is 0. The maximum Gasteiger partial charge on any atom is 0.191 e. The van der Waals surface area contributed by atoms with Crippen molar-refractivity contribution >= 4 is 5.96 Å². The van der Waals surface area contributed by atoms with E-state index in [1.807, 2.05) is 0 Å². The van der Waals surface area contributed by atoms with Gasteiger partial charge in [0.1, 0.15) is 0 Å². The van der Waals surface area contributed by atoms with Gasteiger partial charge in [-0.15, -0.1) is 0 Å². The van der Waals surface area contributed by atoms with Crippen molar-refractivity contribution in [3.63, 3.8) is 0 Å². The van der Waals surface area contributed by atoms with Gasteiger partial charge in [-0.1, -0.05) is 0 Å². The Morgan fingerprint density at radius 2 is 2.00 bits per heavy atom. The van der Waals surface area contributed by atoms with Crippen LogP contribution in [0.15, 0.2) is 4.99 Å². The van der Waals surface area contributed by atoms with Gasteiger partial charge in [0.15, 0.2) is 5.96 Å². The maximum atomic E-state index is 4.30. The summed E-state index contributed by atoms with van der Waals surface area (Å²) < 4.78 is 0. The van der Waals surface area contributed by atoms with Gasteiger partial charge in [0.05, 0.1) is 6.54 Å². The van der Waals surface area contributed by atoms with E-state index in [1.54, 1.807) is 0 Å². The zero-order valence-electron chi connectivity index (χ0n) is 10.4. The summed E-state index contributed by atoms with van der Waals surface area (Å²) in [4.78, 5) is 6.77. The average Bonchev–Trinajstić information content (AvgIpc) is 2.63. The largest absolute Gasteiger partial charge is 0.355 e. The zero-order valence-corrected chi connectivity index (χ0v) is 10.4. The predicted molar refractivity (Wildman–Crippen MR) is 65.3 cm³/mol. The lowest BCUT2D eigenvalue weighted by molar-refractivity contribution is 0.178. The van der Waals surface area contributed by atoms with E-state index in [0.717, 1.165) is 32.1 Å². The Labute approximate surface area is 93.1 Å². The molecule has 0 aromatic rings. The second-order valence-electron chi connectivity index (χ2n) is 4.51. The van der Waals surface area contributed by atoms with Gasteiger partial charge < -0.3 is 10.6 Å². The van der Waals surface area contributed by atoms with Crippen molar-refractivity contribution in [3.05, 3.63) is 0 Å². The van der Waals surface area contributed by atoms with Crippen molar-refractivity contribution in [2.45, 2.75) is 39.8 Å². The Bertz CT molecular complexity index is 203. The van der Waals surface area contributed by atoms with E-state index in [0.29, 0.717) is 12.1 Å². The third kappa shape index (κ3) is 4.08. The second kappa shape index (κ2) is 5.95.